The molecule has 2 heterocycles. The quantitative estimate of drug-likeness (QED) is 0.896. The van der Waals surface area contributed by atoms with Crippen molar-refractivity contribution in [1.82, 2.24) is 20.1 Å². The van der Waals surface area contributed by atoms with Crippen molar-refractivity contribution < 1.29 is 4.79 Å². The van der Waals surface area contributed by atoms with Crippen molar-refractivity contribution in [2.45, 2.75) is 18.4 Å². The van der Waals surface area contributed by atoms with Crippen LogP contribution >= 0.6 is 0 Å². The molecule has 1 saturated carbocycles. The summed E-state index contributed by atoms with van der Waals surface area (Å²) < 4.78 is 0. The van der Waals surface area contributed by atoms with Crippen LogP contribution in [0.1, 0.15) is 17.9 Å². The van der Waals surface area contributed by atoms with Crippen LogP contribution in [0.3, 0.4) is 0 Å². The number of piperazine rings is 1. The van der Waals surface area contributed by atoms with Gasteiger partial charge in [-0.15, -0.1) is 0 Å². The minimum atomic E-state index is 0.233. The maximum absolute atomic E-state index is 12.3. The zero-order valence-corrected chi connectivity index (χ0v) is 15.3. The van der Waals surface area contributed by atoms with Crippen molar-refractivity contribution in [2.24, 2.45) is 0 Å². The summed E-state index contributed by atoms with van der Waals surface area (Å²) in [5, 5.41) is 3.45. The molecule has 0 spiro atoms. The predicted octanol–water partition coefficient (Wildman–Crippen LogP) is 1.97. The molecule has 2 atom stereocenters. The van der Waals surface area contributed by atoms with Gasteiger partial charge in [0.2, 0.25) is 5.91 Å². The van der Waals surface area contributed by atoms with E-state index in [9.17, 15) is 4.79 Å². The third-order valence-corrected chi connectivity index (χ3v) is 5.51. The topological polar surface area (TPSA) is 48.5 Å². The summed E-state index contributed by atoms with van der Waals surface area (Å²) in [6.45, 7) is 4.10. The minimum absolute atomic E-state index is 0.233. The lowest BCUT2D eigenvalue weighted by Crippen LogP contribution is -2.49. The van der Waals surface area contributed by atoms with Crippen LogP contribution in [0.5, 0.6) is 0 Å². The summed E-state index contributed by atoms with van der Waals surface area (Å²) in [6, 6.07) is 13.3. The third-order valence-electron chi connectivity index (χ3n) is 5.51. The molecule has 2 aliphatic rings. The highest BCUT2D eigenvalue weighted by atomic mass is 16.2. The van der Waals surface area contributed by atoms with Gasteiger partial charge in [-0.2, -0.15) is 0 Å². The molecule has 0 radical (unpaired) electrons. The van der Waals surface area contributed by atoms with Crippen molar-refractivity contribution in [3.63, 3.8) is 0 Å². The molecule has 1 aliphatic carbocycles. The van der Waals surface area contributed by atoms with Crippen LogP contribution in [0.15, 0.2) is 48.8 Å². The molecular weight excluding hydrogens is 324 g/mol. The number of hydrogen-bond donors (Lipinski definition) is 1. The van der Waals surface area contributed by atoms with Crippen LogP contribution in [-0.2, 0) is 4.79 Å². The Labute approximate surface area is 155 Å². The van der Waals surface area contributed by atoms with E-state index in [4.69, 9.17) is 0 Å². The van der Waals surface area contributed by atoms with E-state index < -0.39 is 0 Å². The minimum Gasteiger partial charge on any atom is -0.339 e. The molecule has 4 rings (SSSR count). The first-order chi connectivity index (χ1) is 12.7. The van der Waals surface area contributed by atoms with E-state index in [1.807, 2.05) is 29.4 Å². The highest BCUT2D eigenvalue weighted by Gasteiger charge is 2.38. The molecule has 1 aromatic heterocycles. The lowest BCUT2D eigenvalue weighted by atomic mass is 10.0. The fourth-order valence-electron chi connectivity index (χ4n) is 3.64. The number of carbonyl (C=O) groups is 1. The van der Waals surface area contributed by atoms with Crippen molar-refractivity contribution in [3.05, 3.63) is 54.4 Å². The van der Waals surface area contributed by atoms with Gasteiger partial charge < -0.3 is 15.1 Å². The third kappa shape index (κ3) is 3.94. The molecule has 1 saturated heterocycles. The zero-order chi connectivity index (χ0) is 17.9. The lowest BCUT2D eigenvalue weighted by molar-refractivity contribution is -0.131. The average Bonchev–Trinajstić information content (AvgIpc) is 3.47. The van der Waals surface area contributed by atoms with Gasteiger partial charge >= 0.3 is 0 Å². The molecule has 1 aliphatic heterocycles. The maximum Gasteiger partial charge on any atom is 0.236 e. The van der Waals surface area contributed by atoms with Gasteiger partial charge in [0.25, 0.3) is 0 Å². The van der Waals surface area contributed by atoms with E-state index >= 15 is 0 Å². The molecule has 26 heavy (non-hydrogen) atoms. The molecule has 0 bridgehead atoms. The number of likely N-dealkylation sites (N-methyl/N-ethyl adjacent to an activating group) is 1. The number of pyridine rings is 1. The van der Waals surface area contributed by atoms with Gasteiger partial charge in [0.05, 0.1) is 6.54 Å². The largest absolute Gasteiger partial charge is 0.339 e. The van der Waals surface area contributed by atoms with Crippen molar-refractivity contribution >= 4 is 5.91 Å². The first kappa shape index (κ1) is 17.2. The fourth-order valence-corrected chi connectivity index (χ4v) is 3.64. The average molecular weight is 350 g/mol. The zero-order valence-electron chi connectivity index (χ0n) is 15.3. The molecule has 2 fully saturated rings. The smallest absolute Gasteiger partial charge is 0.236 e. The van der Waals surface area contributed by atoms with Crippen LogP contribution < -0.4 is 5.32 Å². The fraction of sp³-hybridized carbons (Fsp3) is 0.429. The normalized spacial score (nSPS) is 23.0. The summed E-state index contributed by atoms with van der Waals surface area (Å²) in [7, 11) is 2.11. The number of aromatic nitrogens is 1. The van der Waals surface area contributed by atoms with Crippen LogP contribution in [0.2, 0.25) is 0 Å². The second-order valence-corrected chi connectivity index (χ2v) is 7.37. The number of hydrogen-bond acceptors (Lipinski definition) is 4. The Bertz CT molecular complexity index is 738. The Morgan fingerprint density at radius 2 is 1.69 bits per heavy atom. The number of nitrogens with zero attached hydrogens (tertiary/aromatic N) is 3. The van der Waals surface area contributed by atoms with Crippen LogP contribution in [-0.4, -0.2) is 66.5 Å². The number of rotatable bonds is 5. The second-order valence-electron chi connectivity index (χ2n) is 7.37. The summed E-state index contributed by atoms with van der Waals surface area (Å²) in [4.78, 5) is 20.6. The first-order valence-electron chi connectivity index (χ1n) is 9.41. The summed E-state index contributed by atoms with van der Waals surface area (Å²) in [5.74, 6) is 0.763. The first-order valence-corrected chi connectivity index (χ1v) is 9.41. The summed E-state index contributed by atoms with van der Waals surface area (Å²) >= 11 is 0. The van der Waals surface area contributed by atoms with Crippen molar-refractivity contribution in [1.29, 1.82) is 0 Å². The summed E-state index contributed by atoms with van der Waals surface area (Å²) in [5.41, 5.74) is 3.76. The standard InChI is InChI=1S/C21H26N4O/c1-24-10-12-25(13-11-24)21(26)15-23-20-14-19(20)18-4-2-16(3-5-18)17-6-8-22-9-7-17/h2-9,19-20,23H,10-15H2,1H3/t19-,20+/m1/s1. The van der Waals surface area contributed by atoms with Crippen molar-refractivity contribution in [3.8, 4) is 11.1 Å². The van der Waals surface area contributed by atoms with Crippen LogP contribution in [0.4, 0.5) is 0 Å². The SMILES string of the molecule is CN1CCN(C(=O)CN[C@H]2C[C@@H]2c2ccc(-c3ccncc3)cc2)CC1. The van der Waals surface area contributed by atoms with E-state index in [1.165, 1.54) is 16.7 Å². The molecule has 1 N–H and O–H groups in total. The second kappa shape index (κ2) is 7.56. The van der Waals surface area contributed by atoms with E-state index in [0.29, 0.717) is 18.5 Å². The molecule has 0 unspecified atom stereocenters. The summed E-state index contributed by atoms with van der Waals surface area (Å²) in [6.07, 6.45) is 4.76. The maximum atomic E-state index is 12.3. The molecule has 2 aromatic rings. The molecular formula is C21H26N4O. The molecule has 1 amide bonds. The van der Waals surface area contributed by atoms with E-state index in [0.717, 1.165) is 32.6 Å². The van der Waals surface area contributed by atoms with Crippen molar-refractivity contribution in [2.75, 3.05) is 39.8 Å². The van der Waals surface area contributed by atoms with Crippen LogP contribution in [0.25, 0.3) is 11.1 Å². The molecule has 1 aromatic carbocycles. The van der Waals surface area contributed by atoms with Crippen LogP contribution in [0, 0.1) is 0 Å². The van der Waals surface area contributed by atoms with E-state index in [1.54, 1.807) is 0 Å². The van der Waals surface area contributed by atoms with Gasteiger partial charge in [0, 0.05) is 50.5 Å². The number of nitrogens with one attached hydrogen (secondary N) is 1. The molecule has 5 heteroatoms. The van der Waals surface area contributed by atoms with Gasteiger partial charge in [-0.25, -0.2) is 0 Å². The van der Waals surface area contributed by atoms with Gasteiger partial charge in [0.1, 0.15) is 0 Å². The van der Waals surface area contributed by atoms with E-state index in [2.05, 4.69) is 46.5 Å². The van der Waals surface area contributed by atoms with Gasteiger partial charge in [-0.05, 0) is 42.3 Å². The van der Waals surface area contributed by atoms with Gasteiger partial charge in [-0.1, -0.05) is 24.3 Å². The van der Waals surface area contributed by atoms with Gasteiger partial charge in [0.15, 0.2) is 0 Å². The monoisotopic (exact) mass is 350 g/mol. The number of amides is 1. The molecule has 136 valence electrons. The number of benzene rings is 1. The predicted molar refractivity (Wildman–Crippen MR) is 103 cm³/mol. The highest BCUT2D eigenvalue weighted by molar-refractivity contribution is 5.78. The van der Waals surface area contributed by atoms with E-state index in [-0.39, 0.29) is 5.91 Å². The Morgan fingerprint density at radius 3 is 2.38 bits per heavy atom. The Balaban J connectivity index is 1.27. The lowest BCUT2D eigenvalue weighted by Gasteiger charge is -2.32. The Hall–Kier alpha value is -2.24. The van der Waals surface area contributed by atoms with Gasteiger partial charge in [-0.3, -0.25) is 9.78 Å². The number of carbonyl (C=O) groups excluding carboxylic acids is 1. The highest BCUT2D eigenvalue weighted by Crippen LogP contribution is 2.41. The Morgan fingerprint density at radius 1 is 1.04 bits per heavy atom. The Kier molecular flexibility index (Phi) is 5.00. The molecule has 5 nitrogen and oxygen atoms in total.